The van der Waals surface area contributed by atoms with E-state index in [4.69, 9.17) is 5.73 Å². The summed E-state index contributed by atoms with van der Waals surface area (Å²) in [5, 5.41) is 9.27. The van der Waals surface area contributed by atoms with Gasteiger partial charge in [-0.15, -0.1) is 13.2 Å². The first kappa shape index (κ1) is 15.7. The second kappa shape index (κ2) is 5.45. The quantitative estimate of drug-likeness (QED) is 0.728. The van der Waals surface area contributed by atoms with Gasteiger partial charge in [0.2, 0.25) is 0 Å². The number of hydrogen-bond acceptors (Lipinski definition) is 4. The summed E-state index contributed by atoms with van der Waals surface area (Å²) in [7, 11) is 1.74. The molecule has 24 heavy (non-hydrogen) atoms. The van der Waals surface area contributed by atoms with Gasteiger partial charge in [-0.05, 0) is 23.8 Å². The van der Waals surface area contributed by atoms with Gasteiger partial charge in [-0.3, -0.25) is 0 Å². The Balaban J connectivity index is 2.12. The van der Waals surface area contributed by atoms with E-state index >= 15 is 0 Å². The van der Waals surface area contributed by atoms with Crippen LogP contribution in [0.5, 0.6) is 5.75 Å². The zero-order valence-corrected chi connectivity index (χ0v) is 12.4. The third-order valence-electron chi connectivity index (χ3n) is 3.53. The molecule has 0 unspecified atom stereocenters. The zero-order valence-electron chi connectivity index (χ0n) is 12.4. The van der Waals surface area contributed by atoms with Crippen molar-refractivity contribution in [3.05, 3.63) is 42.2 Å². The summed E-state index contributed by atoms with van der Waals surface area (Å²) >= 11 is 0. The highest BCUT2D eigenvalue weighted by molar-refractivity contribution is 5.99. The Morgan fingerprint density at radius 2 is 1.92 bits per heavy atom. The average molecular weight is 332 g/mol. The minimum absolute atomic E-state index is 0.277. The molecule has 0 saturated carbocycles. The number of nitrogen functional groups attached to an aromatic ring is 1. The molecule has 0 aliphatic carbocycles. The summed E-state index contributed by atoms with van der Waals surface area (Å²) in [6.07, 6.45) is -3.19. The summed E-state index contributed by atoms with van der Waals surface area (Å²) in [6, 6.07) is 9.03. The number of fused-ring (bicyclic) bond motifs is 1. The molecular weight excluding hydrogens is 321 g/mol. The Morgan fingerprint density at radius 3 is 2.50 bits per heavy atom. The second-order valence-corrected chi connectivity index (χ2v) is 5.13. The molecule has 5 nitrogen and oxygen atoms in total. The van der Waals surface area contributed by atoms with E-state index in [1.165, 1.54) is 24.3 Å². The van der Waals surface area contributed by atoms with E-state index in [9.17, 15) is 18.4 Å². The molecule has 0 aliphatic rings. The van der Waals surface area contributed by atoms with E-state index in [0.717, 1.165) is 0 Å². The first-order valence-electron chi connectivity index (χ1n) is 6.80. The normalized spacial score (nSPS) is 11.5. The minimum atomic E-state index is -4.74. The fourth-order valence-electron chi connectivity index (χ4n) is 2.53. The van der Waals surface area contributed by atoms with Crippen LogP contribution < -0.4 is 10.5 Å². The Bertz CT molecular complexity index is 953. The molecule has 1 heterocycles. The van der Waals surface area contributed by atoms with E-state index < -0.39 is 6.36 Å². The van der Waals surface area contributed by atoms with Crippen molar-refractivity contribution in [1.82, 2.24) is 9.55 Å². The van der Waals surface area contributed by atoms with Gasteiger partial charge in [0.05, 0.1) is 23.0 Å². The van der Waals surface area contributed by atoms with Crippen LogP contribution in [0.3, 0.4) is 0 Å². The van der Waals surface area contributed by atoms with Gasteiger partial charge in [-0.25, -0.2) is 4.98 Å². The summed E-state index contributed by atoms with van der Waals surface area (Å²) in [5.74, 6) is -0.315. The number of imidazole rings is 1. The van der Waals surface area contributed by atoms with Crippen LogP contribution in [0.25, 0.3) is 22.2 Å². The predicted octanol–water partition coefficient (Wildman–Crippen LogP) is 3.59. The first-order chi connectivity index (χ1) is 11.3. The lowest BCUT2D eigenvalue weighted by Gasteiger charge is -2.11. The van der Waals surface area contributed by atoms with Gasteiger partial charge in [0.15, 0.2) is 0 Å². The molecule has 0 atom stereocenters. The van der Waals surface area contributed by atoms with E-state index in [0.29, 0.717) is 27.7 Å². The Morgan fingerprint density at radius 1 is 1.25 bits per heavy atom. The molecule has 8 heteroatoms. The summed E-state index contributed by atoms with van der Waals surface area (Å²) in [5.41, 5.74) is 8.89. The molecule has 3 rings (SSSR count). The van der Waals surface area contributed by atoms with Crippen LogP contribution >= 0.6 is 0 Å². The number of nitrogens with two attached hydrogens (primary N) is 1. The standard InChI is InChI=1S/C16H11F3N4O/c1-23-8-22-14-11(6-13(21)12(7-20)15(14)23)9-2-4-10(5-3-9)24-16(17,18)19/h2-6,8H,21H2,1H3. The number of rotatable bonds is 2. The largest absolute Gasteiger partial charge is 0.573 e. The van der Waals surface area contributed by atoms with Crippen LogP contribution in [0.15, 0.2) is 36.7 Å². The van der Waals surface area contributed by atoms with Crippen LogP contribution in [0.4, 0.5) is 18.9 Å². The van der Waals surface area contributed by atoms with Crippen LogP contribution in [0, 0.1) is 11.3 Å². The van der Waals surface area contributed by atoms with Crippen molar-refractivity contribution in [3.63, 3.8) is 0 Å². The zero-order chi connectivity index (χ0) is 17.5. The number of aryl methyl sites for hydroxylation is 1. The van der Waals surface area contributed by atoms with Gasteiger partial charge < -0.3 is 15.0 Å². The van der Waals surface area contributed by atoms with Gasteiger partial charge in [0.25, 0.3) is 0 Å². The van der Waals surface area contributed by atoms with Gasteiger partial charge in [-0.2, -0.15) is 5.26 Å². The van der Waals surface area contributed by atoms with Gasteiger partial charge in [0.1, 0.15) is 17.4 Å². The SMILES string of the molecule is Cn1cnc2c(-c3ccc(OC(F)(F)F)cc3)cc(N)c(C#N)c21. The third-order valence-corrected chi connectivity index (χ3v) is 3.53. The second-order valence-electron chi connectivity index (χ2n) is 5.13. The molecule has 122 valence electrons. The van der Waals surface area contributed by atoms with Crippen LogP contribution in [0.1, 0.15) is 5.56 Å². The fraction of sp³-hybridized carbons (Fsp3) is 0.125. The number of aromatic nitrogens is 2. The maximum atomic E-state index is 12.2. The van der Waals surface area contributed by atoms with Gasteiger partial charge >= 0.3 is 6.36 Å². The average Bonchev–Trinajstić information content (AvgIpc) is 2.88. The van der Waals surface area contributed by atoms with Crippen molar-refractivity contribution >= 4 is 16.7 Å². The monoisotopic (exact) mass is 332 g/mol. The summed E-state index contributed by atoms with van der Waals surface area (Å²) in [4.78, 5) is 4.27. The lowest BCUT2D eigenvalue weighted by Crippen LogP contribution is -2.16. The number of alkyl halides is 3. The maximum Gasteiger partial charge on any atom is 0.573 e. The molecule has 2 N–H and O–H groups in total. The fourth-order valence-corrected chi connectivity index (χ4v) is 2.53. The Kier molecular flexibility index (Phi) is 3.56. The Labute approximate surface area is 134 Å². The molecule has 0 amide bonds. The molecule has 0 saturated heterocycles. The number of ether oxygens (including phenoxy) is 1. The molecule has 2 aromatic carbocycles. The van der Waals surface area contributed by atoms with E-state index in [2.05, 4.69) is 9.72 Å². The topological polar surface area (TPSA) is 76.9 Å². The molecular formula is C16H11F3N4O. The van der Waals surface area contributed by atoms with E-state index in [-0.39, 0.29) is 11.4 Å². The maximum absolute atomic E-state index is 12.2. The highest BCUT2D eigenvalue weighted by atomic mass is 19.4. The molecule has 0 aliphatic heterocycles. The number of benzene rings is 2. The van der Waals surface area contributed by atoms with Crippen LogP contribution in [-0.4, -0.2) is 15.9 Å². The first-order valence-corrected chi connectivity index (χ1v) is 6.80. The van der Waals surface area contributed by atoms with Crippen molar-refractivity contribution in [2.24, 2.45) is 7.05 Å². The van der Waals surface area contributed by atoms with E-state index in [1.54, 1.807) is 24.0 Å². The number of nitrogens with zero attached hydrogens (tertiary/aromatic N) is 3. The van der Waals surface area contributed by atoms with Crippen LogP contribution in [0.2, 0.25) is 0 Å². The summed E-state index contributed by atoms with van der Waals surface area (Å²) in [6.45, 7) is 0. The lowest BCUT2D eigenvalue weighted by atomic mass is 10.00. The predicted molar refractivity (Wildman–Crippen MR) is 82.0 cm³/mol. The third kappa shape index (κ3) is 2.72. The Hall–Kier alpha value is -3.21. The molecule has 3 aromatic rings. The molecule has 0 radical (unpaired) electrons. The van der Waals surface area contributed by atoms with Crippen molar-refractivity contribution in [2.75, 3.05) is 5.73 Å². The number of halogens is 3. The smallest absolute Gasteiger partial charge is 0.406 e. The molecule has 0 spiro atoms. The molecule has 0 fully saturated rings. The van der Waals surface area contributed by atoms with Gasteiger partial charge in [-0.1, -0.05) is 12.1 Å². The molecule has 0 bridgehead atoms. The van der Waals surface area contributed by atoms with Crippen molar-refractivity contribution in [3.8, 4) is 22.9 Å². The van der Waals surface area contributed by atoms with Crippen molar-refractivity contribution in [2.45, 2.75) is 6.36 Å². The summed E-state index contributed by atoms with van der Waals surface area (Å²) < 4.78 is 42.2. The van der Waals surface area contributed by atoms with Crippen LogP contribution in [-0.2, 0) is 7.05 Å². The van der Waals surface area contributed by atoms with Crippen molar-refractivity contribution < 1.29 is 17.9 Å². The minimum Gasteiger partial charge on any atom is -0.406 e. The highest BCUT2D eigenvalue weighted by Gasteiger charge is 2.31. The van der Waals surface area contributed by atoms with Gasteiger partial charge in [0, 0.05) is 12.6 Å². The number of nitriles is 1. The number of anilines is 1. The van der Waals surface area contributed by atoms with Crippen molar-refractivity contribution in [1.29, 1.82) is 5.26 Å². The number of hydrogen-bond donors (Lipinski definition) is 1. The highest BCUT2D eigenvalue weighted by Crippen LogP contribution is 2.34. The van der Waals surface area contributed by atoms with E-state index in [1.807, 2.05) is 6.07 Å². The molecule has 1 aromatic heterocycles. The lowest BCUT2D eigenvalue weighted by molar-refractivity contribution is -0.274.